The van der Waals surface area contributed by atoms with E-state index in [1.54, 1.807) is 29.9 Å². The second kappa shape index (κ2) is 8.53. The van der Waals surface area contributed by atoms with Gasteiger partial charge in [-0.25, -0.2) is 14.2 Å². The lowest BCUT2D eigenvalue weighted by molar-refractivity contribution is -0.122. The van der Waals surface area contributed by atoms with Crippen LogP contribution in [-0.4, -0.2) is 34.2 Å². The Hall–Kier alpha value is -2.77. The quantitative estimate of drug-likeness (QED) is 0.781. The Balaban J connectivity index is 2.05. The van der Waals surface area contributed by atoms with E-state index in [1.165, 1.54) is 6.42 Å². The van der Waals surface area contributed by atoms with Crippen LogP contribution in [0, 0.1) is 11.3 Å². The number of benzene rings is 1. The molecule has 1 fully saturated rings. The van der Waals surface area contributed by atoms with Crippen molar-refractivity contribution < 1.29 is 14.3 Å². The van der Waals surface area contributed by atoms with Gasteiger partial charge in [0.15, 0.2) is 0 Å². The molecule has 0 aliphatic heterocycles. The van der Waals surface area contributed by atoms with Gasteiger partial charge in [-0.3, -0.25) is 9.36 Å². The van der Waals surface area contributed by atoms with E-state index in [0.717, 1.165) is 30.3 Å². The Morgan fingerprint density at radius 3 is 2.43 bits per heavy atom. The number of amides is 2. The summed E-state index contributed by atoms with van der Waals surface area (Å²) in [4.78, 5) is 38.3. The molecule has 1 aromatic carbocycles. The number of aromatic nitrogens is 2. The fraction of sp³-hybridized carbons (Fsp3) is 0.591. The van der Waals surface area contributed by atoms with Gasteiger partial charge in [0, 0.05) is 12.6 Å². The van der Waals surface area contributed by atoms with Gasteiger partial charge in [-0.05, 0) is 36.3 Å². The van der Waals surface area contributed by atoms with Crippen LogP contribution in [0.15, 0.2) is 23.0 Å². The summed E-state index contributed by atoms with van der Waals surface area (Å²) in [6.45, 7) is 5.98. The molecule has 2 aromatic rings. The van der Waals surface area contributed by atoms with E-state index >= 15 is 0 Å². The zero-order valence-corrected chi connectivity index (χ0v) is 18.2. The molecule has 0 saturated heterocycles. The van der Waals surface area contributed by atoms with Crippen molar-refractivity contribution in [2.75, 3.05) is 7.11 Å². The number of hydrogen-bond acceptors (Lipinski definition) is 4. The van der Waals surface area contributed by atoms with Crippen molar-refractivity contribution in [3.8, 4) is 5.75 Å². The third-order valence-corrected chi connectivity index (χ3v) is 5.92. The molecule has 3 rings (SSSR count). The Morgan fingerprint density at radius 1 is 1.20 bits per heavy atom. The van der Waals surface area contributed by atoms with E-state index in [-0.39, 0.29) is 0 Å². The van der Waals surface area contributed by atoms with Crippen LogP contribution in [0.1, 0.15) is 52.9 Å². The van der Waals surface area contributed by atoms with Crippen molar-refractivity contribution in [1.82, 2.24) is 14.5 Å². The maximum atomic E-state index is 13.3. The van der Waals surface area contributed by atoms with Crippen LogP contribution >= 0.6 is 0 Å². The van der Waals surface area contributed by atoms with Crippen molar-refractivity contribution in [2.24, 2.45) is 17.1 Å². The lowest BCUT2D eigenvalue weighted by Crippen LogP contribution is -2.54. The summed E-state index contributed by atoms with van der Waals surface area (Å²) >= 11 is 0. The van der Waals surface area contributed by atoms with Crippen LogP contribution in [0.4, 0.5) is 4.79 Å². The summed E-state index contributed by atoms with van der Waals surface area (Å²) < 4.78 is 8.08. The van der Waals surface area contributed by atoms with Crippen LogP contribution in [0.3, 0.4) is 0 Å². The fourth-order valence-electron chi connectivity index (χ4n) is 4.27. The molecule has 1 heterocycles. The number of hydrogen-bond donors (Lipinski definition) is 2. The van der Waals surface area contributed by atoms with E-state index in [4.69, 9.17) is 10.5 Å². The monoisotopic (exact) mass is 416 g/mol. The minimum atomic E-state index is -0.910. The minimum absolute atomic E-state index is 0.401. The second-order valence-corrected chi connectivity index (χ2v) is 9.24. The first kappa shape index (κ1) is 21.9. The standard InChI is InChI=1S/C22H32N4O4/c1-22(2,3)18(19(23)27)24-20(28)26-16-11-10-15(30-4)12-17(16)25(21(26)29)13-14-8-6-5-7-9-14/h10-12,14,18H,5-9,13H2,1-4H3,(H2,23,27)(H,24,28)/t18-/m1/s1. The first-order valence-corrected chi connectivity index (χ1v) is 10.5. The maximum absolute atomic E-state index is 13.3. The van der Waals surface area contributed by atoms with Gasteiger partial charge in [-0.2, -0.15) is 0 Å². The third kappa shape index (κ3) is 4.37. The van der Waals surface area contributed by atoms with Crippen LogP contribution in [-0.2, 0) is 11.3 Å². The smallest absolute Gasteiger partial charge is 0.337 e. The number of primary amides is 1. The average molecular weight is 417 g/mol. The maximum Gasteiger partial charge on any atom is 0.337 e. The van der Waals surface area contributed by atoms with Crippen molar-refractivity contribution >= 4 is 23.0 Å². The molecule has 3 N–H and O–H groups in total. The Labute approximate surface area is 176 Å². The summed E-state index contributed by atoms with van der Waals surface area (Å²) in [6, 6.07) is 3.62. The number of imidazole rings is 1. The van der Waals surface area contributed by atoms with E-state index in [9.17, 15) is 14.4 Å². The van der Waals surface area contributed by atoms with Crippen molar-refractivity contribution in [2.45, 2.75) is 65.5 Å². The molecule has 8 nitrogen and oxygen atoms in total. The SMILES string of the molecule is COc1ccc2c(c1)n(CC1CCCCC1)c(=O)n2C(=O)N[C@H](C(N)=O)C(C)(C)C. The number of carbonyl (C=O) groups is 2. The van der Waals surface area contributed by atoms with Crippen LogP contribution in [0.25, 0.3) is 11.0 Å². The Morgan fingerprint density at radius 2 is 1.87 bits per heavy atom. The van der Waals surface area contributed by atoms with E-state index < -0.39 is 29.1 Å². The molecular weight excluding hydrogens is 384 g/mol. The molecule has 2 amide bonds. The van der Waals surface area contributed by atoms with Crippen LogP contribution in [0.5, 0.6) is 5.75 Å². The highest BCUT2D eigenvalue weighted by Gasteiger charge is 2.33. The van der Waals surface area contributed by atoms with Crippen LogP contribution < -0.4 is 21.5 Å². The fourth-order valence-corrected chi connectivity index (χ4v) is 4.27. The first-order chi connectivity index (χ1) is 14.1. The molecule has 8 heteroatoms. The number of nitrogens with one attached hydrogen (secondary N) is 1. The normalized spacial score (nSPS) is 16.4. The van der Waals surface area contributed by atoms with Gasteiger partial charge in [0.1, 0.15) is 11.8 Å². The molecule has 30 heavy (non-hydrogen) atoms. The molecule has 0 bridgehead atoms. The lowest BCUT2D eigenvalue weighted by atomic mass is 9.86. The second-order valence-electron chi connectivity index (χ2n) is 9.24. The van der Waals surface area contributed by atoms with Crippen LogP contribution in [0.2, 0.25) is 0 Å². The molecular formula is C22H32N4O4. The molecule has 1 atom stereocenters. The zero-order valence-electron chi connectivity index (χ0n) is 18.2. The van der Waals surface area contributed by atoms with Gasteiger partial charge in [0.05, 0.1) is 18.1 Å². The Kier molecular flexibility index (Phi) is 6.24. The highest BCUT2D eigenvalue weighted by Crippen LogP contribution is 2.27. The lowest BCUT2D eigenvalue weighted by Gasteiger charge is -2.28. The molecule has 1 aliphatic rings. The molecule has 1 saturated carbocycles. The van der Waals surface area contributed by atoms with Crippen molar-refractivity contribution in [3.05, 3.63) is 28.7 Å². The number of ether oxygens (including phenoxy) is 1. The molecule has 0 spiro atoms. The first-order valence-electron chi connectivity index (χ1n) is 10.5. The van der Waals surface area contributed by atoms with E-state index in [1.807, 2.05) is 20.8 Å². The predicted molar refractivity (Wildman–Crippen MR) is 116 cm³/mol. The summed E-state index contributed by atoms with van der Waals surface area (Å²) in [5.74, 6) is 0.372. The largest absolute Gasteiger partial charge is 0.497 e. The van der Waals surface area contributed by atoms with Gasteiger partial charge in [-0.15, -0.1) is 0 Å². The zero-order chi connectivity index (χ0) is 22.1. The number of carbonyl (C=O) groups excluding carboxylic acids is 2. The predicted octanol–water partition coefficient (Wildman–Crippen LogP) is 2.85. The van der Waals surface area contributed by atoms with Gasteiger partial charge in [0.2, 0.25) is 5.91 Å². The topological polar surface area (TPSA) is 108 Å². The summed E-state index contributed by atoms with van der Waals surface area (Å²) in [7, 11) is 1.56. The summed E-state index contributed by atoms with van der Waals surface area (Å²) in [6.07, 6.45) is 5.69. The number of nitrogens with two attached hydrogens (primary N) is 1. The number of fused-ring (bicyclic) bond motifs is 1. The van der Waals surface area contributed by atoms with Crippen molar-refractivity contribution in [1.29, 1.82) is 0 Å². The molecule has 1 aliphatic carbocycles. The summed E-state index contributed by atoms with van der Waals surface area (Å²) in [5, 5.41) is 2.66. The van der Waals surface area contributed by atoms with Gasteiger partial charge < -0.3 is 15.8 Å². The van der Waals surface area contributed by atoms with Gasteiger partial charge in [0.25, 0.3) is 0 Å². The van der Waals surface area contributed by atoms with Gasteiger partial charge >= 0.3 is 11.7 Å². The third-order valence-electron chi connectivity index (χ3n) is 5.92. The molecule has 0 radical (unpaired) electrons. The highest BCUT2D eigenvalue weighted by atomic mass is 16.5. The molecule has 0 unspecified atom stereocenters. The van der Waals surface area contributed by atoms with Gasteiger partial charge in [-0.1, -0.05) is 40.0 Å². The van der Waals surface area contributed by atoms with Crippen molar-refractivity contribution in [3.63, 3.8) is 0 Å². The minimum Gasteiger partial charge on any atom is -0.497 e. The molecule has 1 aromatic heterocycles. The average Bonchev–Trinajstić information content (AvgIpc) is 2.96. The Bertz CT molecular complexity index is 993. The number of methoxy groups -OCH3 is 1. The number of nitrogens with zero attached hydrogens (tertiary/aromatic N) is 2. The molecule has 164 valence electrons. The van der Waals surface area contributed by atoms with E-state index in [0.29, 0.717) is 29.2 Å². The number of rotatable bonds is 5. The summed E-state index contributed by atoms with van der Waals surface area (Å²) in [5.41, 5.74) is 5.62. The van der Waals surface area contributed by atoms with E-state index in [2.05, 4.69) is 5.32 Å². The highest BCUT2D eigenvalue weighted by molar-refractivity contribution is 5.93.